The smallest absolute Gasteiger partial charge is 0.311 e. The Labute approximate surface area is 103 Å². The van der Waals surface area contributed by atoms with Crippen molar-refractivity contribution in [3.05, 3.63) is 28.0 Å². The predicted molar refractivity (Wildman–Crippen MR) is 59.3 cm³/mol. The summed E-state index contributed by atoms with van der Waals surface area (Å²) in [6.45, 7) is 3.36. The summed E-state index contributed by atoms with van der Waals surface area (Å²) in [4.78, 5) is 15.1. The molecule has 0 saturated heterocycles. The fraction of sp³-hybridized carbons (Fsp3) is 0.455. The van der Waals surface area contributed by atoms with Gasteiger partial charge in [-0.05, 0) is 25.5 Å². The van der Waals surface area contributed by atoms with E-state index in [4.69, 9.17) is 16.3 Å². The molecule has 3 nitrogen and oxygen atoms in total. The summed E-state index contributed by atoms with van der Waals surface area (Å²) in [5, 5.41) is -0.0119. The van der Waals surface area contributed by atoms with E-state index in [-0.39, 0.29) is 35.0 Å². The Morgan fingerprint density at radius 1 is 1.59 bits per heavy atom. The number of rotatable bonds is 4. The van der Waals surface area contributed by atoms with Gasteiger partial charge < -0.3 is 4.74 Å². The lowest BCUT2D eigenvalue weighted by Gasteiger charge is -2.09. The van der Waals surface area contributed by atoms with Gasteiger partial charge in [0.05, 0.1) is 18.7 Å². The van der Waals surface area contributed by atoms with E-state index in [0.29, 0.717) is 0 Å². The van der Waals surface area contributed by atoms with Gasteiger partial charge in [0.2, 0.25) is 0 Å². The van der Waals surface area contributed by atoms with Crippen molar-refractivity contribution < 1.29 is 18.3 Å². The highest BCUT2D eigenvalue weighted by Crippen LogP contribution is 2.27. The molecule has 1 heterocycles. The van der Waals surface area contributed by atoms with Crippen molar-refractivity contribution in [3.8, 4) is 0 Å². The van der Waals surface area contributed by atoms with Gasteiger partial charge in [-0.3, -0.25) is 4.79 Å². The molecule has 0 unspecified atom stereocenters. The topological polar surface area (TPSA) is 39.2 Å². The van der Waals surface area contributed by atoms with Crippen molar-refractivity contribution in [2.24, 2.45) is 0 Å². The van der Waals surface area contributed by atoms with Gasteiger partial charge in [-0.1, -0.05) is 11.6 Å². The SMILES string of the molecule is CCOC(=O)Cc1cc(C(F)F)c(C)c(Cl)n1. The molecule has 0 aliphatic heterocycles. The first kappa shape index (κ1) is 13.8. The van der Waals surface area contributed by atoms with Crippen LogP contribution < -0.4 is 0 Å². The molecule has 0 spiro atoms. The van der Waals surface area contributed by atoms with Crippen molar-refractivity contribution in [2.45, 2.75) is 26.7 Å². The van der Waals surface area contributed by atoms with Crippen LogP contribution in [0, 0.1) is 6.92 Å². The molecule has 1 rings (SSSR count). The Kier molecular flexibility index (Phi) is 4.81. The molecule has 0 atom stereocenters. The summed E-state index contributed by atoms with van der Waals surface area (Å²) in [5.74, 6) is -0.514. The molecule has 17 heavy (non-hydrogen) atoms. The number of ether oxygens (including phenoxy) is 1. The molecule has 0 radical (unpaired) electrons. The van der Waals surface area contributed by atoms with E-state index in [1.165, 1.54) is 13.0 Å². The van der Waals surface area contributed by atoms with Gasteiger partial charge in [0.25, 0.3) is 6.43 Å². The van der Waals surface area contributed by atoms with E-state index in [1.807, 2.05) is 0 Å². The molecule has 1 aromatic rings. The lowest BCUT2D eigenvalue weighted by Crippen LogP contribution is -2.10. The standard InChI is InChI=1S/C11H12ClF2NO2/c1-3-17-9(16)5-7-4-8(11(13)14)6(2)10(12)15-7/h4,11H,3,5H2,1-2H3. The van der Waals surface area contributed by atoms with Crippen molar-refractivity contribution in [3.63, 3.8) is 0 Å². The first-order chi connectivity index (χ1) is 7.95. The maximum atomic E-state index is 12.7. The Morgan fingerprint density at radius 3 is 2.76 bits per heavy atom. The molecule has 94 valence electrons. The summed E-state index contributed by atoms with van der Waals surface area (Å²) >= 11 is 5.73. The molecule has 0 aliphatic rings. The normalized spacial score (nSPS) is 10.7. The van der Waals surface area contributed by atoms with Gasteiger partial charge in [0, 0.05) is 5.56 Å². The van der Waals surface area contributed by atoms with Crippen LogP contribution in [0.3, 0.4) is 0 Å². The average Bonchev–Trinajstić information content (AvgIpc) is 2.23. The fourth-order valence-corrected chi connectivity index (χ4v) is 1.54. The van der Waals surface area contributed by atoms with E-state index in [9.17, 15) is 13.6 Å². The molecule has 0 amide bonds. The highest BCUT2D eigenvalue weighted by Gasteiger charge is 2.17. The van der Waals surface area contributed by atoms with E-state index in [1.54, 1.807) is 6.92 Å². The van der Waals surface area contributed by atoms with Crippen molar-refractivity contribution in [2.75, 3.05) is 6.61 Å². The Morgan fingerprint density at radius 2 is 2.24 bits per heavy atom. The highest BCUT2D eigenvalue weighted by atomic mass is 35.5. The molecule has 0 bridgehead atoms. The molecular weight excluding hydrogens is 252 g/mol. The number of halogens is 3. The van der Waals surface area contributed by atoms with Crippen LogP contribution in [0.4, 0.5) is 8.78 Å². The number of nitrogens with zero attached hydrogens (tertiary/aromatic N) is 1. The van der Waals surface area contributed by atoms with E-state index in [2.05, 4.69) is 4.98 Å². The third kappa shape index (κ3) is 3.63. The average molecular weight is 264 g/mol. The first-order valence-electron chi connectivity index (χ1n) is 5.05. The Hall–Kier alpha value is -1.23. The number of esters is 1. The quantitative estimate of drug-likeness (QED) is 0.619. The number of pyridine rings is 1. The van der Waals surface area contributed by atoms with E-state index in [0.717, 1.165) is 0 Å². The number of hydrogen-bond acceptors (Lipinski definition) is 3. The summed E-state index contributed by atoms with van der Waals surface area (Å²) in [6, 6.07) is 1.18. The molecule has 0 aliphatic carbocycles. The van der Waals surface area contributed by atoms with Gasteiger partial charge in [-0.15, -0.1) is 0 Å². The van der Waals surface area contributed by atoms with E-state index >= 15 is 0 Å². The van der Waals surface area contributed by atoms with Crippen LogP contribution in [0.15, 0.2) is 6.07 Å². The largest absolute Gasteiger partial charge is 0.466 e. The second kappa shape index (κ2) is 5.91. The second-order valence-electron chi connectivity index (χ2n) is 3.40. The maximum absolute atomic E-state index is 12.7. The van der Waals surface area contributed by atoms with Crippen LogP contribution in [0.25, 0.3) is 0 Å². The first-order valence-corrected chi connectivity index (χ1v) is 5.43. The molecule has 0 fully saturated rings. The van der Waals surface area contributed by atoms with Crippen LogP contribution in [0.5, 0.6) is 0 Å². The zero-order valence-electron chi connectivity index (χ0n) is 9.47. The second-order valence-corrected chi connectivity index (χ2v) is 3.76. The zero-order valence-corrected chi connectivity index (χ0v) is 10.2. The number of carbonyl (C=O) groups excluding carboxylic acids is 1. The fourth-order valence-electron chi connectivity index (χ4n) is 1.33. The van der Waals surface area contributed by atoms with Crippen molar-refractivity contribution in [1.82, 2.24) is 4.98 Å². The summed E-state index contributed by atoms with van der Waals surface area (Å²) in [5.41, 5.74) is 0.216. The van der Waals surface area contributed by atoms with Crippen LogP contribution in [-0.4, -0.2) is 17.6 Å². The number of hydrogen-bond donors (Lipinski definition) is 0. The van der Waals surface area contributed by atoms with Gasteiger partial charge in [0.15, 0.2) is 0 Å². The van der Waals surface area contributed by atoms with Crippen molar-refractivity contribution >= 4 is 17.6 Å². The minimum Gasteiger partial charge on any atom is -0.466 e. The number of aromatic nitrogens is 1. The maximum Gasteiger partial charge on any atom is 0.311 e. The van der Waals surface area contributed by atoms with Gasteiger partial charge in [-0.2, -0.15) is 0 Å². The lowest BCUT2D eigenvalue weighted by atomic mass is 10.1. The number of carbonyl (C=O) groups is 1. The highest BCUT2D eigenvalue weighted by molar-refractivity contribution is 6.30. The molecular formula is C11H12ClF2NO2. The monoisotopic (exact) mass is 263 g/mol. The predicted octanol–water partition coefficient (Wildman–Crippen LogP) is 3.09. The molecule has 0 saturated carbocycles. The van der Waals surface area contributed by atoms with Crippen LogP contribution >= 0.6 is 11.6 Å². The van der Waals surface area contributed by atoms with E-state index < -0.39 is 12.4 Å². The minimum absolute atomic E-state index is 0.0119. The third-order valence-corrected chi connectivity index (χ3v) is 2.54. The minimum atomic E-state index is -2.64. The molecule has 1 aromatic heterocycles. The van der Waals surface area contributed by atoms with Crippen LogP contribution in [0.1, 0.15) is 30.2 Å². The zero-order chi connectivity index (χ0) is 13.0. The molecule has 0 N–H and O–H groups in total. The molecule has 6 heteroatoms. The Balaban J connectivity index is 2.98. The summed E-state index contributed by atoms with van der Waals surface area (Å²) in [7, 11) is 0. The third-order valence-electron chi connectivity index (χ3n) is 2.17. The Bertz CT molecular complexity index is 424. The summed E-state index contributed by atoms with van der Waals surface area (Å²) < 4.78 is 30.0. The van der Waals surface area contributed by atoms with Gasteiger partial charge >= 0.3 is 5.97 Å². The van der Waals surface area contributed by atoms with Gasteiger partial charge in [0.1, 0.15) is 5.15 Å². The number of alkyl halides is 2. The van der Waals surface area contributed by atoms with Gasteiger partial charge in [-0.25, -0.2) is 13.8 Å². The van der Waals surface area contributed by atoms with Crippen LogP contribution in [0.2, 0.25) is 5.15 Å². The summed E-state index contributed by atoms with van der Waals surface area (Å²) in [6.07, 6.45) is -2.80. The lowest BCUT2D eigenvalue weighted by molar-refractivity contribution is -0.142. The van der Waals surface area contributed by atoms with Crippen molar-refractivity contribution in [1.29, 1.82) is 0 Å². The van der Waals surface area contributed by atoms with Crippen LogP contribution in [-0.2, 0) is 16.0 Å². The molecule has 0 aromatic carbocycles.